The van der Waals surface area contributed by atoms with Gasteiger partial charge in [0.05, 0.1) is 27.8 Å². The Hall–Kier alpha value is -4.28. The summed E-state index contributed by atoms with van der Waals surface area (Å²) in [5, 5.41) is 0. The molecule has 1 amide bonds. The highest BCUT2D eigenvalue weighted by atomic mass is 19.1. The van der Waals surface area contributed by atoms with Crippen molar-refractivity contribution < 1.29 is 13.9 Å². The number of H-pyrrole nitrogens is 1. The second-order valence-corrected chi connectivity index (χ2v) is 11.4. The Balaban J connectivity index is 1.10. The molecule has 9 nitrogen and oxygen atoms in total. The molecule has 1 fully saturated rings. The second kappa shape index (κ2) is 12.5. The van der Waals surface area contributed by atoms with Gasteiger partial charge in [-0.3, -0.25) is 9.36 Å². The molecule has 3 N–H and O–H groups in total. The lowest BCUT2D eigenvalue weighted by molar-refractivity contribution is -0.132. The highest BCUT2D eigenvalue weighted by Gasteiger charge is 2.29. The van der Waals surface area contributed by atoms with Crippen LogP contribution in [0.3, 0.4) is 0 Å². The van der Waals surface area contributed by atoms with Gasteiger partial charge in [0.2, 0.25) is 5.91 Å². The number of nitrogens with one attached hydrogen (secondary N) is 1. The number of hydrogen-bond donors (Lipinski definition) is 2. The Bertz CT molecular complexity index is 1790. The number of aryl methyl sites for hydroxylation is 1. The third-order valence-corrected chi connectivity index (χ3v) is 8.33. The minimum absolute atomic E-state index is 0.0634. The lowest BCUT2D eigenvalue weighted by Gasteiger charge is -2.33. The summed E-state index contributed by atoms with van der Waals surface area (Å²) in [6, 6.07) is 19.6. The van der Waals surface area contributed by atoms with E-state index in [4.69, 9.17) is 15.5 Å². The number of fused-ring (bicyclic) bond motifs is 2. The van der Waals surface area contributed by atoms with Gasteiger partial charge in [-0.2, -0.15) is 0 Å². The van der Waals surface area contributed by atoms with Gasteiger partial charge in [0.1, 0.15) is 11.6 Å². The van der Waals surface area contributed by atoms with Crippen LogP contribution in [0.4, 0.5) is 4.39 Å². The van der Waals surface area contributed by atoms with E-state index >= 15 is 0 Å². The van der Waals surface area contributed by atoms with Crippen molar-refractivity contribution in [2.75, 3.05) is 26.8 Å². The zero-order chi connectivity index (χ0) is 29.9. The molecule has 2 aromatic heterocycles. The third kappa shape index (κ3) is 6.11. The van der Waals surface area contributed by atoms with E-state index in [-0.39, 0.29) is 30.0 Å². The Morgan fingerprint density at radius 3 is 2.77 bits per heavy atom. The monoisotopic (exact) mass is 584 g/mol. The first-order chi connectivity index (χ1) is 20.9. The van der Waals surface area contributed by atoms with Gasteiger partial charge in [-0.05, 0) is 73.7 Å². The first-order valence-corrected chi connectivity index (χ1v) is 14.9. The maximum atomic E-state index is 13.6. The molecule has 0 radical (unpaired) electrons. The first kappa shape index (κ1) is 28.8. The fourth-order valence-corrected chi connectivity index (χ4v) is 6.27. The number of nitrogens with two attached hydrogens (primary N) is 1. The summed E-state index contributed by atoms with van der Waals surface area (Å²) < 4.78 is 22.7. The van der Waals surface area contributed by atoms with Crippen LogP contribution in [0.25, 0.3) is 27.8 Å². The number of halogens is 1. The van der Waals surface area contributed by atoms with Crippen molar-refractivity contribution in [1.82, 2.24) is 24.0 Å². The second-order valence-electron chi connectivity index (χ2n) is 11.4. The standard InChI is InChI=1S/C33H37FN6O3/c1-43-17-5-16-39-29-8-3-2-7-27(29)36-32(39)23-6-4-15-38(21-23)31(41)20-25(35)18-22-9-12-26(13-10-22)40-30-14-11-24(34)19-28(30)37-33(40)42/h2-3,7-14,19,23,25H,4-6,15-18,20-21,35H2,1H3,(H,37,42)/t23-,25-/m1/s1. The van der Waals surface area contributed by atoms with E-state index in [9.17, 15) is 14.0 Å². The van der Waals surface area contributed by atoms with Crippen LogP contribution in [0.5, 0.6) is 0 Å². The Labute approximate surface area is 249 Å². The van der Waals surface area contributed by atoms with Gasteiger partial charge >= 0.3 is 5.69 Å². The molecule has 1 aliphatic rings. The molecule has 0 spiro atoms. The number of benzene rings is 3. The molecule has 43 heavy (non-hydrogen) atoms. The van der Waals surface area contributed by atoms with Gasteiger partial charge in [-0.15, -0.1) is 0 Å². The van der Waals surface area contributed by atoms with Crippen molar-refractivity contribution in [3.8, 4) is 5.69 Å². The largest absolute Gasteiger partial charge is 0.385 e. The summed E-state index contributed by atoms with van der Waals surface area (Å²) in [7, 11) is 1.72. The molecular formula is C33H37FN6O3. The van der Waals surface area contributed by atoms with E-state index in [1.54, 1.807) is 13.2 Å². The summed E-state index contributed by atoms with van der Waals surface area (Å²) in [5.74, 6) is 0.866. The lowest BCUT2D eigenvalue weighted by Crippen LogP contribution is -2.42. The van der Waals surface area contributed by atoms with E-state index < -0.39 is 5.82 Å². The van der Waals surface area contributed by atoms with E-state index in [0.29, 0.717) is 36.3 Å². The molecule has 1 saturated heterocycles. The van der Waals surface area contributed by atoms with Crippen LogP contribution in [0.15, 0.2) is 71.5 Å². The van der Waals surface area contributed by atoms with Gasteiger partial charge in [-0.1, -0.05) is 24.3 Å². The number of rotatable bonds is 10. The van der Waals surface area contributed by atoms with Crippen LogP contribution in [-0.2, 0) is 22.5 Å². The van der Waals surface area contributed by atoms with Crippen LogP contribution >= 0.6 is 0 Å². The maximum absolute atomic E-state index is 13.6. The lowest BCUT2D eigenvalue weighted by atomic mass is 9.96. The van der Waals surface area contributed by atoms with Gasteiger partial charge in [0.15, 0.2) is 0 Å². The number of ether oxygens (including phenoxy) is 1. The number of hydrogen-bond acceptors (Lipinski definition) is 5. The Morgan fingerprint density at radius 2 is 1.95 bits per heavy atom. The van der Waals surface area contributed by atoms with Crippen LogP contribution in [0, 0.1) is 5.82 Å². The number of carbonyl (C=O) groups excluding carboxylic acids is 1. The summed E-state index contributed by atoms with van der Waals surface area (Å²) in [6.07, 6.45) is 3.60. The predicted octanol–water partition coefficient (Wildman–Crippen LogP) is 4.51. The number of para-hydroxylation sites is 2. The Morgan fingerprint density at radius 1 is 1.14 bits per heavy atom. The van der Waals surface area contributed by atoms with Gasteiger partial charge in [0.25, 0.3) is 0 Å². The summed E-state index contributed by atoms with van der Waals surface area (Å²) in [6.45, 7) is 2.87. The first-order valence-electron chi connectivity index (χ1n) is 14.9. The molecule has 3 heterocycles. The number of aromatic nitrogens is 4. The van der Waals surface area contributed by atoms with Crippen molar-refractivity contribution in [3.05, 3.63) is 94.4 Å². The summed E-state index contributed by atoms with van der Waals surface area (Å²) in [4.78, 5) is 35.5. The number of piperidine rings is 1. The molecule has 0 aliphatic carbocycles. The van der Waals surface area contributed by atoms with E-state index in [1.165, 1.54) is 16.7 Å². The topological polar surface area (TPSA) is 111 Å². The van der Waals surface area contributed by atoms with Crippen LogP contribution in [0.2, 0.25) is 0 Å². The third-order valence-electron chi connectivity index (χ3n) is 8.33. The zero-order valence-corrected chi connectivity index (χ0v) is 24.3. The summed E-state index contributed by atoms with van der Waals surface area (Å²) in [5.41, 5.74) is 10.9. The highest BCUT2D eigenvalue weighted by molar-refractivity contribution is 5.78. The minimum atomic E-state index is -0.405. The molecule has 224 valence electrons. The van der Waals surface area contributed by atoms with Crippen molar-refractivity contribution >= 4 is 28.0 Å². The molecule has 1 aliphatic heterocycles. The maximum Gasteiger partial charge on any atom is 0.331 e. The van der Waals surface area contributed by atoms with Crippen LogP contribution in [0.1, 0.15) is 43.0 Å². The molecule has 5 aromatic rings. The molecule has 6 rings (SSSR count). The van der Waals surface area contributed by atoms with E-state index in [2.05, 4.69) is 15.6 Å². The molecular weight excluding hydrogens is 547 g/mol. The van der Waals surface area contributed by atoms with Crippen molar-refractivity contribution in [1.29, 1.82) is 0 Å². The molecule has 2 atom stereocenters. The van der Waals surface area contributed by atoms with Gasteiger partial charge in [0, 0.05) is 51.7 Å². The van der Waals surface area contributed by atoms with Crippen LogP contribution in [-0.4, -0.2) is 62.8 Å². The van der Waals surface area contributed by atoms with Crippen molar-refractivity contribution in [3.63, 3.8) is 0 Å². The number of amides is 1. The van der Waals surface area contributed by atoms with Gasteiger partial charge < -0.3 is 24.9 Å². The SMILES string of the molecule is COCCCn1c([C@@H]2CCCN(C(=O)C[C@H](N)Cc3ccc(-n4c(=O)[nH]c5cc(F)ccc54)cc3)C2)nc2ccccc21. The van der Waals surface area contributed by atoms with E-state index in [0.717, 1.165) is 54.8 Å². The number of methoxy groups -OCH3 is 1. The number of carbonyl (C=O) groups is 1. The molecule has 3 aromatic carbocycles. The van der Waals surface area contributed by atoms with Crippen molar-refractivity contribution in [2.24, 2.45) is 5.73 Å². The number of likely N-dealkylation sites (tertiary alicyclic amines) is 1. The molecule has 0 saturated carbocycles. The molecule has 10 heteroatoms. The number of aromatic amines is 1. The predicted molar refractivity (Wildman–Crippen MR) is 165 cm³/mol. The molecule has 0 unspecified atom stereocenters. The average Bonchev–Trinajstić information content (AvgIpc) is 3.54. The number of nitrogens with zero attached hydrogens (tertiary/aromatic N) is 4. The zero-order valence-electron chi connectivity index (χ0n) is 24.3. The normalized spacial score (nSPS) is 16.3. The fourth-order valence-electron chi connectivity index (χ4n) is 6.27. The average molecular weight is 585 g/mol. The number of imidazole rings is 2. The van der Waals surface area contributed by atoms with Crippen LogP contribution < -0.4 is 11.4 Å². The quantitative estimate of drug-likeness (QED) is 0.235. The smallest absolute Gasteiger partial charge is 0.331 e. The fraction of sp³-hybridized carbons (Fsp3) is 0.364. The Kier molecular flexibility index (Phi) is 8.40. The molecule has 0 bridgehead atoms. The highest BCUT2D eigenvalue weighted by Crippen LogP contribution is 2.30. The summed E-state index contributed by atoms with van der Waals surface area (Å²) >= 11 is 0. The van der Waals surface area contributed by atoms with E-state index in [1.807, 2.05) is 47.4 Å². The van der Waals surface area contributed by atoms with Gasteiger partial charge in [-0.25, -0.2) is 14.2 Å². The minimum Gasteiger partial charge on any atom is -0.385 e. The van der Waals surface area contributed by atoms with Crippen molar-refractivity contribution in [2.45, 2.75) is 50.6 Å².